The van der Waals surface area contributed by atoms with Crippen LogP contribution in [0.1, 0.15) is 28.7 Å². The fourth-order valence-electron chi connectivity index (χ4n) is 2.83. The third-order valence-electron chi connectivity index (χ3n) is 4.18. The molecule has 3 amide bonds. The highest BCUT2D eigenvalue weighted by atomic mass is 16.2. The van der Waals surface area contributed by atoms with Crippen LogP contribution in [0.4, 0.5) is 10.7 Å². The van der Waals surface area contributed by atoms with Gasteiger partial charge in [-0.25, -0.2) is 14.8 Å². The summed E-state index contributed by atoms with van der Waals surface area (Å²) in [4.78, 5) is 35.9. The standard InChI is InChI=1S/C17H24N8O2/c1-4-18-16-20-8-12(9-21-16)15(26)19-10-13-7-14-11-24(17(27)23(2)3)5-6-25(14)22-13/h7-9H,4-6,10-11H2,1-3H3,(H,19,26)(H,18,20,21). The zero-order valence-corrected chi connectivity index (χ0v) is 15.8. The predicted octanol–water partition coefficient (Wildman–Crippen LogP) is 0.532. The number of carbonyl (C=O) groups excluding carboxylic acids is 2. The van der Waals surface area contributed by atoms with E-state index in [2.05, 4.69) is 25.7 Å². The first-order valence-electron chi connectivity index (χ1n) is 8.84. The van der Waals surface area contributed by atoms with E-state index in [1.807, 2.05) is 17.7 Å². The molecule has 0 saturated heterocycles. The lowest BCUT2D eigenvalue weighted by atomic mass is 10.2. The second-order valence-corrected chi connectivity index (χ2v) is 6.46. The van der Waals surface area contributed by atoms with Gasteiger partial charge in [-0.05, 0) is 13.0 Å². The fraction of sp³-hybridized carbons (Fsp3) is 0.471. The predicted molar refractivity (Wildman–Crippen MR) is 99.1 cm³/mol. The van der Waals surface area contributed by atoms with E-state index < -0.39 is 0 Å². The second-order valence-electron chi connectivity index (χ2n) is 6.46. The number of amides is 3. The van der Waals surface area contributed by atoms with Crippen molar-refractivity contribution in [2.45, 2.75) is 26.6 Å². The molecule has 0 atom stereocenters. The Bertz CT molecular complexity index is 815. The van der Waals surface area contributed by atoms with E-state index in [9.17, 15) is 9.59 Å². The average Bonchev–Trinajstić information content (AvgIpc) is 3.08. The monoisotopic (exact) mass is 372 g/mol. The molecule has 10 heteroatoms. The second kappa shape index (κ2) is 8.02. The highest BCUT2D eigenvalue weighted by molar-refractivity contribution is 5.93. The average molecular weight is 372 g/mol. The Morgan fingerprint density at radius 2 is 1.96 bits per heavy atom. The van der Waals surface area contributed by atoms with Crippen LogP contribution >= 0.6 is 0 Å². The molecule has 27 heavy (non-hydrogen) atoms. The van der Waals surface area contributed by atoms with Crippen LogP contribution in [-0.4, -0.2) is 68.7 Å². The molecule has 0 bridgehead atoms. The summed E-state index contributed by atoms with van der Waals surface area (Å²) in [6, 6.07) is 1.90. The molecule has 0 unspecified atom stereocenters. The summed E-state index contributed by atoms with van der Waals surface area (Å²) in [7, 11) is 3.48. The van der Waals surface area contributed by atoms with Crippen LogP contribution in [0.15, 0.2) is 18.5 Å². The first kappa shape index (κ1) is 18.6. The van der Waals surface area contributed by atoms with E-state index in [1.54, 1.807) is 23.9 Å². The van der Waals surface area contributed by atoms with Crippen molar-refractivity contribution in [3.05, 3.63) is 35.4 Å². The highest BCUT2D eigenvalue weighted by Crippen LogP contribution is 2.15. The quantitative estimate of drug-likeness (QED) is 0.793. The molecular formula is C17H24N8O2. The Labute approximate surface area is 157 Å². The van der Waals surface area contributed by atoms with Gasteiger partial charge in [-0.3, -0.25) is 9.48 Å². The third-order valence-corrected chi connectivity index (χ3v) is 4.18. The largest absolute Gasteiger partial charge is 0.355 e. The molecule has 10 nitrogen and oxygen atoms in total. The molecule has 2 aromatic rings. The van der Waals surface area contributed by atoms with Crippen LogP contribution in [0, 0.1) is 0 Å². The van der Waals surface area contributed by atoms with Crippen molar-refractivity contribution in [3.8, 4) is 0 Å². The first-order valence-corrected chi connectivity index (χ1v) is 8.84. The Balaban J connectivity index is 1.58. The lowest BCUT2D eigenvalue weighted by Gasteiger charge is -2.29. The summed E-state index contributed by atoms with van der Waals surface area (Å²) in [5.41, 5.74) is 2.10. The molecule has 0 saturated carbocycles. The summed E-state index contributed by atoms with van der Waals surface area (Å²) in [5.74, 6) is 0.237. The lowest BCUT2D eigenvalue weighted by molar-refractivity contribution is 0.0949. The minimum atomic E-state index is -0.256. The van der Waals surface area contributed by atoms with Gasteiger partial charge in [0.25, 0.3) is 5.91 Å². The zero-order valence-electron chi connectivity index (χ0n) is 15.8. The van der Waals surface area contributed by atoms with Gasteiger partial charge in [-0.2, -0.15) is 5.10 Å². The SMILES string of the molecule is CCNc1ncc(C(=O)NCc2cc3n(n2)CCN(C(=O)N(C)C)C3)cn1. The number of carbonyl (C=O) groups is 2. The lowest BCUT2D eigenvalue weighted by Crippen LogP contribution is -2.43. The van der Waals surface area contributed by atoms with E-state index >= 15 is 0 Å². The van der Waals surface area contributed by atoms with Crippen LogP contribution in [0.5, 0.6) is 0 Å². The van der Waals surface area contributed by atoms with Gasteiger partial charge in [0.05, 0.1) is 36.6 Å². The van der Waals surface area contributed by atoms with Gasteiger partial charge in [0, 0.05) is 39.6 Å². The minimum Gasteiger partial charge on any atom is -0.355 e. The zero-order chi connectivity index (χ0) is 19.4. The van der Waals surface area contributed by atoms with E-state index in [1.165, 1.54) is 12.4 Å². The maximum absolute atomic E-state index is 12.2. The van der Waals surface area contributed by atoms with Crippen molar-refractivity contribution in [1.29, 1.82) is 0 Å². The molecule has 0 spiro atoms. The number of rotatable bonds is 5. The van der Waals surface area contributed by atoms with Crippen LogP contribution < -0.4 is 10.6 Å². The minimum absolute atomic E-state index is 0.0155. The van der Waals surface area contributed by atoms with E-state index in [-0.39, 0.29) is 11.9 Å². The van der Waals surface area contributed by atoms with Crippen molar-refractivity contribution in [1.82, 2.24) is 34.9 Å². The smallest absolute Gasteiger partial charge is 0.319 e. The Hall–Kier alpha value is -3.17. The number of nitrogens with one attached hydrogen (secondary N) is 2. The van der Waals surface area contributed by atoms with E-state index in [0.29, 0.717) is 44.2 Å². The molecule has 0 fully saturated rings. The van der Waals surface area contributed by atoms with Gasteiger partial charge >= 0.3 is 6.03 Å². The highest BCUT2D eigenvalue weighted by Gasteiger charge is 2.23. The molecule has 144 valence electrons. The first-order chi connectivity index (χ1) is 13.0. The number of anilines is 1. The van der Waals surface area contributed by atoms with Crippen LogP contribution in [0.3, 0.4) is 0 Å². The van der Waals surface area contributed by atoms with Gasteiger partial charge in [0.1, 0.15) is 0 Å². The van der Waals surface area contributed by atoms with Crippen molar-refractivity contribution in [2.75, 3.05) is 32.5 Å². The molecule has 0 aromatic carbocycles. The molecule has 2 aromatic heterocycles. The van der Waals surface area contributed by atoms with E-state index in [4.69, 9.17) is 0 Å². The molecule has 3 rings (SSSR count). The van der Waals surface area contributed by atoms with Gasteiger partial charge in [0.15, 0.2) is 0 Å². The number of hydrogen-bond donors (Lipinski definition) is 2. The molecular weight excluding hydrogens is 348 g/mol. The number of nitrogens with zero attached hydrogens (tertiary/aromatic N) is 6. The van der Waals surface area contributed by atoms with Gasteiger partial charge < -0.3 is 20.4 Å². The Kier molecular flexibility index (Phi) is 5.53. The van der Waals surface area contributed by atoms with Crippen molar-refractivity contribution in [3.63, 3.8) is 0 Å². The topological polar surface area (TPSA) is 108 Å². The summed E-state index contributed by atoms with van der Waals surface area (Å²) < 4.78 is 1.88. The van der Waals surface area contributed by atoms with Crippen LogP contribution in [-0.2, 0) is 19.6 Å². The number of urea groups is 1. The molecule has 2 N–H and O–H groups in total. The molecule has 1 aliphatic heterocycles. The molecule has 0 aliphatic carbocycles. The number of hydrogen-bond acceptors (Lipinski definition) is 6. The Morgan fingerprint density at radius 1 is 1.22 bits per heavy atom. The fourth-order valence-corrected chi connectivity index (χ4v) is 2.83. The van der Waals surface area contributed by atoms with Crippen molar-refractivity contribution < 1.29 is 9.59 Å². The van der Waals surface area contributed by atoms with Gasteiger partial charge in [-0.1, -0.05) is 0 Å². The van der Waals surface area contributed by atoms with Crippen LogP contribution in [0.2, 0.25) is 0 Å². The van der Waals surface area contributed by atoms with Crippen molar-refractivity contribution >= 4 is 17.9 Å². The normalized spacial score (nSPS) is 13.1. The van der Waals surface area contributed by atoms with Gasteiger partial charge in [-0.15, -0.1) is 0 Å². The Morgan fingerprint density at radius 3 is 2.63 bits per heavy atom. The molecule has 3 heterocycles. The van der Waals surface area contributed by atoms with E-state index in [0.717, 1.165) is 11.4 Å². The molecule has 0 radical (unpaired) electrons. The van der Waals surface area contributed by atoms with Gasteiger partial charge in [0.2, 0.25) is 5.95 Å². The van der Waals surface area contributed by atoms with Crippen molar-refractivity contribution in [2.24, 2.45) is 0 Å². The van der Waals surface area contributed by atoms with Crippen LogP contribution in [0.25, 0.3) is 0 Å². The molecule has 1 aliphatic rings. The number of aromatic nitrogens is 4. The maximum atomic E-state index is 12.2. The summed E-state index contributed by atoms with van der Waals surface area (Å²) in [6.07, 6.45) is 2.98. The summed E-state index contributed by atoms with van der Waals surface area (Å²) in [5, 5.41) is 10.3. The summed E-state index contributed by atoms with van der Waals surface area (Å²) >= 11 is 0. The summed E-state index contributed by atoms with van der Waals surface area (Å²) in [6.45, 7) is 4.74. The maximum Gasteiger partial charge on any atom is 0.319 e. The third kappa shape index (κ3) is 4.33. The number of fused-ring (bicyclic) bond motifs is 1.